The second kappa shape index (κ2) is 12.4. The van der Waals surface area contributed by atoms with E-state index in [0.717, 1.165) is 56.8 Å². The lowest BCUT2D eigenvalue weighted by Crippen LogP contribution is -2.55. The van der Waals surface area contributed by atoms with Gasteiger partial charge in [-0.3, -0.25) is 9.59 Å². The number of nitrogens with one attached hydrogen (secondary N) is 2. The number of amides is 2. The van der Waals surface area contributed by atoms with E-state index in [1.165, 1.54) is 0 Å². The first-order valence-corrected chi connectivity index (χ1v) is 11.9. The van der Waals surface area contributed by atoms with Gasteiger partial charge in [-0.25, -0.2) is 4.99 Å². The highest BCUT2D eigenvalue weighted by Crippen LogP contribution is 2.16. The van der Waals surface area contributed by atoms with E-state index in [2.05, 4.69) is 29.4 Å². The van der Waals surface area contributed by atoms with Crippen molar-refractivity contribution < 1.29 is 14.3 Å². The predicted octanol–water partition coefficient (Wildman–Crippen LogP) is 2.01. The van der Waals surface area contributed by atoms with Crippen LogP contribution >= 0.6 is 0 Å². The summed E-state index contributed by atoms with van der Waals surface area (Å²) in [6.07, 6.45) is 3.61. The summed E-state index contributed by atoms with van der Waals surface area (Å²) in [5, 5.41) is 6.30. The van der Waals surface area contributed by atoms with Gasteiger partial charge in [0.1, 0.15) is 6.10 Å². The molecule has 0 bridgehead atoms. The van der Waals surface area contributed by atoms with Crippen LogP contribution in [0.4, 0.5) is 0 Å². The zero-order valence-electron chi connectivity index (χ0n) is 19.4. The number of piperazine rings is 1. The van der Waals surface area contributed by atoms with E-state index in [9.17, 15) is 9.59 Å². The van der Waals surface area contributed by atoms with E-state index >= 15 is 0 Å². The standard InChI is InChI=1S/C24H37N5O3/c1-3-5-12-26-22(30)20-10-8-19(9-11-20)18-27-24(25-4-2)29-15-13-28(14-16-29)23(31)21-7-6-17-32-21/h8-11,21H,3-7,12-18H2,1-2H3,(H,25,27)(H,26,30). The first-order valence-electron chi connectivity index (χ1n) is 11.9. The Balaban J connectivity index is 1.52. The molecule has 3 rings (SSSR count). The molecule has 1 aromatic carbocycles. The van der Waals surface area contributed by atoms with E-state index in [-0.39, 0.29) is 17.9 Å². The van der Waals surface area contributed by atoms with Crippen molar-refractivity contribution in [1.82, 2.24) is 20.4 Å². The number of benzene rings is 1. The number of hydrogen-bond donors (Lipinski definition) is 2. The third-order valence-electron chi connectivity index (χ3n) is 5.87. The smallest absolute Gasteiger partial charge is 0.251 e. The van der Waals surface area contributed by atoms with Gasteiger partial charge in [-0.1, -0.05) is 25.5 Å². The molecule has 1 unspecified atom stereocenters. The molecule has 2 aliphatic heterocycles. The second-order valence-corrected chi connectivity index (χ2v) is 8.29. The molecule has 2 aliphatic rings. The van der Waals surface area contributed by atoms with Crippen LogP contribution in [0.15, 0.2) is 29.3 Å². The van der Waals surface area contributed by atoms with Crippen LogP contribution in [0.25, 0.3) is 0 Å². The zero-order valence-corrected chi connectivity index (χ0v) is 19.4. The predicted molar refractivity (Wildman–Crippen MR) is 126 cm³/mol. The number of aliphatic imine (C=N–C) groups is 1. The minimum absolute atomic E-state index is 0.0303. The minimum Gasteiger partial charge on any atom is -0.368 e. The molecule has 1 aromatic rings. The Bertz CT molecular complexity index is 766. The summed E-state index contributed by atoms with van der Waals surface area (Å²) in [5.74, 6) is 0.957. The van der Waals surface area contributed by atoms with Crippen LogP contribution in [-0.2, 0) is 16.1 Å². The number of unbranched alkanes of at least 4 members (excludes halogenated alkanes) is 1. The van der Waals surface area contributed by atoms with Crippen molar-refractivity contribution in [2.24, 2.45) is 4.99 Å². The lowest BCUT2D eigenvalue weighted by molar-refractivity contribution is -0.142. The van der Waals surface area contributed by atoms with Crippen LogP contribution < -0.4 is 10.6 Å². The van der Waals surface area contributed by atoms with Gasteiger partial charge in [0.2, 0.25) is 0 Å². The summed E-state index contributed by atoms with van der Waals surface area (Å²) >= 11 is 0. The van der Waals surface area contributed by atoms with E-state index in [1.807, 2.05) is 29.2 Å². The van der Waals surface area contributed by atoms with E-state index in [1.54, 1.807) is 0 Å². The first kappa shape index (κ1) is 24.0. The first-order chi connectivity index (χ1) is 15.6. The van der Waals surface area contributed by atoms with Crippen molar-refractivity contribution in [1.29, 1.82) is 0 Å². The maximum Gasteiger partial charge on any atom is 0.251 e. The number of ether oxygens (including phenoxy) is 1. The van der Waals surface area contributed by atoms with Gasteiger partial charge in [0.15, 0.2) is 5.96 Å². The average molecular weight is 444 g/mol. The Morgan fingerprint density at radius 2 is 1.78 bits per heavy atom. The quantitative estimate of drug-likeness (QED) is 0.365. The van der Waals surface area contributed by atoms with E-state index in [0.29, 0.717) is 38.3 Å². The minimum atomic E-state index is -0.250. The number of nitrogens with zero attached hydrogens (tertiary/aromatic N) is 3. The summed E-state index contributed by atoms with van der Waals surface area (Å²) in [7, 11) is 0. The van der Waals surface area contributed by atoms with E-state index in [4.69, 9.17) is 9.73 Å². The van der Waals surface area contributed by atoms with Gasteiger partial charge < -0.3 is 25.2 Å². The summed E-state index contributed by atoms with van der Waals surface area (Å²) in [5.41, 5.74) is 1.73. The third-order valence-corrected chi connectivity index (χ3v) is 5.87. The summed E-state index contributed by atoms with van der Waals surface area (Å²) in [6, 6.07) is 7.63. The molecule has 2 saturated heterocycles. The third kappa shape index (κ3) is 6.69. The number of guanidine groups is 1. The summed E-state index contributed by atoms with van der Waals surface area (Å²) < 4.78 is 5.55. The molecular formula is C24H37N5O3. The van der Waals surface area contributed by atoms with Gasteiger partial charge in [0.05, 0.1) is 6.54 Å². The van der Waals surface area contributed by atoms with Gasteiger partial charge in [0.25, 0.3) is 11.8 Å². The number of hydrogen-bond acceptors (Lipinski definition) is 4. The average Bonchev–Trinajstić information content (AvgIpc) is 3.37. The molecule has 2 N–H and O–H groups in total. The fraction of sp³-hybridized carbons (Fsp3) is 0.625. The van der Waals surface area contributed by atoms with Crippen molar-refractivity contribution in [3.8, 4) is 0 Å². The molecular weight excluding hydrogens is 406 g/mol. The summed E-state index contributed by atoms with van der Waals surface area (Å²) in [6.45, 7) is 9.75. The normalized spacial score (nSPS) is 19.2. The maximum atomic E-state index is 12.6. The number of rotatable bonds is 8. The molecule has 1 atom stereocenters. The number of carbonyl (C=O) groups is 2. The molecule has 2 fully saturated rings. The Kier molecular flexibility index (Phi) is 9.34. The maximum absolute atomic E-state index is 12.6. The van der Waals surface area contributed by atoms with Crippen molar-refractivity contribution >= 4 is 17.8 Å². The molecule has 8 nitrogen and oxygen atoms in total. The molecule has 0 aliphatic carbocycles. The molecule has 0 radical (unpaired) electrons. The number of carbonyl (C=O) groups excluding carboxylic acids is 2. The Morgan fingerprint density at radius 1 is 1.06 bits per heavy atom. The van der Waals surface area contributed by atoms with Crippen LogP contribution in [0, 0.1) is 0 Å². The van der Waals surface area contributed by atoms with E-state index < -0.39 is 0 Å². The monoisotopic (exact) mass is 443 g/mol. The Hall–Kier alpha value is -2.61. The van der Waals surface area contributed by atoms with Gasteiger partial charge in [-0.05, 0) is 43.9 Å². The lowest BCUT2D eigenvalue weighted by Gasteiger charge is -2.37. The van der Waals surface area contributed by atoms with Crippen LogP contribution in [0.1, 0.15) is 55.5 Å². The topological polar surface area (TPSA) is 86.3 Å². The van der Waals surface area contributed by atoms with Gasteiger partial charge >= 0.3 is 0 Å². The zero-order chi connectivity index (χ0) is 22.8. The largest absolute Gasteiger partial charge is 0.368 e. The Labute approximate surface area is 191 Å². The lowest BCUT2D eigenvalue weighted by atomic mass is 10.1. The molecule has 32 heavy (non-hydrogen) atoms. The molecule has 0 spiro atoms. The van der Waals surface area contributed by atoms with Crippen molar-refractivity contribution in [3.05, 3.63) is 35.4 Å². The highest BCUT2D eigenvalue weighted by atomic mass is 16.5. The fourth-order valence-corrected chi connectivity index (χ4v) is 3.95. The molecule has 0 saturated carbocycles. The van der Waals surface area contributed by atoms with Crippen LogP contribution in [0.3, 0.4) is 0 Å². The van der Waals surface area contributed by atoms with Crippen molar-refractivity contribution in [2.45, 2.75) is 52.2 Å². The van der Waals surface area contributed by atoms with Gasteiger partial charge in [-0.2, -0.15) is 0 Å². The Morgan fingerprint density at radius 3 is 2.41 bits per heavy atom. The van der Waals surface area contributed by atoms with Crippen molar-refractivity contribution in [2.75, 3.05) is 45.9 Å². The van der Waals surface area contributed by atoms with Crippen LogP contribution in [0.2, 0.25) is 0 Å². The molecule has 2 amide bonds. The molecule has 0 aromatic heterocycles. The van der Waals surface area contributed by atoms with Crippen LogP contribution in [0.5, 0.6) is 0 Å². The fourth-order valence-electron chi connectivity index (χ4n) is 3.95. The molecule has 2 heterocycles. The summed E-state index contributed by atoms with van der Waals surface area (Å²) in [4.78, 5) is 33.6. The second-order valence-electron chi connectivity index (χ2n) is 8.29. The highest BCUT2D eigenvalue weighted by Gasteiger charge is 2.30. The van der Waals surface area contributed by atoms with Gasteiger partial charge in [-0.15, -0.1) is 0 Å². The molecule has 176 valence electrons. The van der Waals surface area contributed by atoms with Crippen LogP contribution in [-0.4, -0.2) is 79.6 Å². The highest BCUT2D eigenvalue weighted by molar-refractivity contribution is 5.94. The SMILES string of the molecule is CCCCNC(=O)c1ccc(CN=C(NCC)N2CCN(C(=O)C3CCCO3)CC2)cc1. The van der Waals surface area contributed by atoms with Crippen molar-refractivity contribution in [3.63, 3.8) is 0 Å². The van der Waals surface area contributed by atoms with Gasteiger partial charge in [0, 0.05) is 51.4 Å². The molecule has 8 heteroatoms.